The molecule has 1 aromatic rings. The molecule has 0 aromatic heterocycles. The van der Waals surface area contributed by atoms with Gasteiger partial charge in [-0.3, -0.25) is 14.9 Å². The summed E-state index contributed by atoms with van der Waals surface area (Å²) in [6.07, 6.45) is 5.33. The predicted molar refractivity (Wildman–Crippen MR) is 78.4 cm³/mol. The van der Waals surface area contributed by atoms with Crippen molar-refractivity contribution in [2.75, 3.05) is 6.61 Å². The van der Waals surface area contributed by atoms with E-state index in [0.717, 1.165) is 25.7 Å². The summed E-state index contributed by atoms with van der Waals surface area (Å²) in [5, 5.41) is 13.4. The Bertz CT molecular complexity index is 550. The van der Waals surface area contributed by atoms with Gasteiger partial charge in [0.1, 0.15) is 0 Å². The molecule has 0 radical (unpaired) electrons. The molecule has 0 heterocycles. The Morgan fingerprint density at radius 1 is 1.18 bits per heavy atom. The molecule has 0 aliphatic heterocycles. The summed E-state index contributed by atoms with van der Waals surface area (Å²) in [5.41, 5.74) is 0.0719. The molecule has 0 saturated heterocycles. The zero-order chi connectivity index (χ0) is 15.9. The number of nitrogens with one attached hydrogen (secondary N) is 1. The van der Waals surface area contributed by atoms with Crippen molar-refractivity contribution < 1.29 is 19.2 Å². The van der Waals surface area contributed by atoms with Crippen molar-refractivity contribution in [3.63, 3.8) is 0 Å². The number of hydrogen-bond donors (Lipinski definition) is 1. The molecule has 1 saturated carbocycles. The maximum Gasteiger partial charge on any atom is 0.338 e. The van der Waals surface area contributed by atoms with Gasteiger partial charge < -0.3 is 10.1 Å². The highest BCUT2D eigenvalue weighted by molar-refractivity contribution is 5.91. The quantitative estimate of drug-likeness (QED) is 0.511. The molecular weight excluding hydrogens is 288 g/mol. The molecule has 0 unspecified atom stereocenters. The van der Waals surface area contributed by atoms with Gasteiger partial charge in [-0.1, -0.05) is 19.3 Å². The normalized spacial score (nSPS) is 15.1. The van der Waals surface area contributed by atoms with Gasteiger partial charge in [0.15, 0.2) is 6.61 Å². The van der Waals surface area contributed by atoms with Crippen molar-refractivity contribution in [3.8, 4) is 0 Å². The molecule has 2 rings (SSSR count). The number of benzene rings is 1. The number of rotatable bonds is 5. The standard InChI is InChI=1S/C15H18N2O5/c18-14(16-12-4-2-1-3-5-12)10-22-15(19)11-6-8-13(9-7-11)17(20)21/h6-9,12H,1-5,10H2,(H,16,18). The van der Waals surface area contributed by atoms with E-state index in [1.165, 1.54) is 30.7 Å². The molecule has 1 aliphatic rings. The summed E-state index contributed by atoms with van der Waals surface area (Å²) >= 11 is 0. The van der Waals surface area contributed by atoms with Crippen LogP contribution >= 0.6 is 0 Å². The number of carbonyl (C=O) groups excluding carboxylic acids is 2. The lowest BCUT2D eigenvalue weighted by Crippen LogP contribution is -2.38. The van der Waals surface area contributed by atoms with E-state index in [0.29, 0.717) is 0 Å². The fourth-order valence-electron chi connectivity index (χ4n) is 2.45. The van der Waals surface area contributed by atoms with Crippen LogP contribution in [-0.2, 0) is 9.53 Å². The van der Waals surface area contributed by atoms with E-state index < -0.39 is 10.9 Å². The van der Waals surface area contributed by atoms with Crippen LogP contribution in [0.2, 0.25) is 0 Å². The molecule has 1 aliphatic carbocycles. The van der Waals surface area contributed by atoms with Gasteiger partial charge >= 0.3 is 5.97 Å². The van der Waals surface area contributed by atoms with Crippen LogP contribution in [0.25, 0.3) is 0 Å². The van der Waals surface area contributed by atoms with Crippen LogP contribution in [0.4, 0.5) is 5.69 Å². The summed E-state index contributed by atoms with van der Waals surface area (Å²) < 4.78 is 4.91. The van der Waals surface area contributed by atoms with Gasteiger partial charge in [-0.15, -0.1) is 0 Å². The van der Waals surface area contributed by atoms with Crippen molar-refractivity contribution in [2.45, 2.75) is 38.1 Å². The van der Waals surface area contributed by atoms with E-state index in [1.807, 2.05) is 0 Å². The number of ether oxygens (including phenoxy) is 1. The van der Waals surface area contributed by atoms with Crippen molar-refractivity contribution >= 4 is 17.6 Å². The Labute approximate surface area is 127 Å². The minimum absolute atomic E-state index is 0.105. The second kappa shape index (κ2) is 7.53. The molecule has 1 N–H and O–H groups in total. The number of carbonyl (C=O) groups is 2. The molecule has 118 valence electrons. The molecule has 1 amide bonds. The molecular formula is C15H18N2O5. The predicted octanol–water partition coefficient (Wildman–Crippen LogP) is 2.20. The highest BCUT2D eigenvalue weighted by Gasteiger charge is 2.17. The van der Waals surface area contributed by atoms with Crippen LogP contribution < -0.4 is 5.32 Å². The second-order valence-electron chi connectivity index (χ2n) is 5.28. The van der Waals surface area contributed by atoms with Crippen molar-refractivity contribution in [1.82, 2.24) is 5.32 Å². The van der Waals surface area contributed by atoms with Crippen molar-refractivity contribution in [1.29, 1.82) is 0 Å². The maximum atomic E-state index is 11.8. The first-order valence-electron chi connectivity index (χ1n) is 7.27. The van der Waals surface area contributed by atoms with E-state index in [-0.39, 0.29) is 29.8 Å². The van der Waals surface area contributed by atoms with Gasteiger partial charge in [0.25, 0.3) is 11.6 Å². The molecule has 0 atom stereocenters. The van der Waals surface area contributed by atoms with Gasteiger partial charge in [-0.05, 0) is 25.0 Å². The van der Waals surface area contributed by atoms with Crippen molar-refractivity contribution in [3.05, 3.63) is 39.9 Å². The van der Waals surface area contributed by atoms with E-state index >= 15 is 0 Å². The van der Waals surface area contributed by atoms with Gasteiger partial charge in [-0.2, -0.15) is 0 Å². The Kier molecular flexibility index (Phi) is 5.46. The zero-order valence-electron chi connectivity index (χ0n) is 12.1. The first kappa shape index (κ1) is 15.9. The molecule has 0 spiro atoms. The number of amides is 1. The number of non-ortho nitro benzene ring substituents is 1. The first-order valence-corrected chi connectivity index (χ1v) is 7.27. The Morgan fingerprint density at radius 3 is 2.41 bits per heavy atom. The maximum absolute atomic E-state index is 11.8. The number of nitro benzene ring substituents is 1. The Hall–Kier alpha value is -2.44. The monoisotopic (exact) mass is 306 g/mol. The largest absolute Gasteiger partial charge is 0.452 e. The minimum Gasteiger partial charge on any atom is -0.452 e. The molecule has 7 heteroatoms. The van der Waals surface area contributed by atoms with Crippen molar-refractivity contribution in [2.24, 2.45) is 0 Å². The molecule has 22 heavy (non-hydrogen) atoms. The third kappa shape index (κ3) is 4.54. The lowest BCUT2D eigenvalue weighted by molar-refractivity contribution is -0.384. The van der Waals surface area contributed by atoms with Crippen LogP contribution in [0.3, 0.4) is 0 Å². The molecule has 7 nitrogen and oxygen atoms in total. The lowest BCUT2D eigenvalue weighted by atomic mass is 9.95. The summed E-state index contributed by atoms with van der Waals surface area (Å²) in [6.45, 7) is -0.341. The van der Waals surface area contributed by atoms with E-state index in [2.05, 4.69) is 5.32 Å². The number of hydrogen-bond acceptors (Lipinski definition) is 5. The molecule has 1 fully saturated rings. The first-order chi connectivity index (χ1) is 10.6. The average molecular weight is 306 g/mol. The summed E-state index contributed by atoms with van der Waals surface area (Å²) in [7, 11) is 0. The molecule has 1 aromatic carbocycles. The summed E-state index contributed by atoms with van der Waals surface area (Å²) in [5.74, 6) is -0.990. The van der Waals surface area contributed by atoms with Gasteiger partial charge in [0.2, 0.25) is 0 Å². The van der Waals surface area contributed by atoms with Crippen LogP contribution in [0.5, 0.6) is 0 Å². The van der Waals surface area contributed by atoms with Crippen LogP contribution in [-0.4, -0.2) is 29.4 Å². The SMILES string of the molecule is O=C(COC(=O)c1ccc([N+](=O)[O-])cc1)NC1CCCCC1. The van der Waals surface area contributed by atoms with E-state index in [4.69, 9.17) is 4.74 Å². The van der Waals surface area contributed by atoms with Crippen LogP contribution in [0.1, 0.15) is 42.5 Å². The Balaban J connectivity index is 1.78. The summed E-state index contributed by atoms with van der Waals surface area (Å²) in [6, 6.07) is 5.22. The van der Waals surface area contributed by atoms with Gasteiger partial charge in [0, 0.05) is 18.2 Å². The smallest absolute Gasteiger partial charge is 0.338 e. The third-order valence-corrected chi connectivity index (χ3v) is 3.62. The molecule has 0 bridgehead atoms. The fraction of sp³-hybridized carbons (Fsp3) is 0.467. The van der Waals surface area contributed by atoms with Crippen LogP contribution in [0, 0.1) is 10.1 Å². The average Bonchev–Trinajstić information content (AvgIpc) is 2.53. The highest BCUT2D eigenvalue weighted by atomic mass is 16.6. The second-order valence-corrected chi connectivity index (χ2v) is 5.28. The minimum atomic E-state index is -0.673. The fourth-order valence-corrected chi connectivity index (χ4v) is 2.45. The highest BCUT2D eigenvalue weighted by Crippen LogP contribution is 2.17. The lowest BCUT2D eigenvalue weighted by Gasteiger charge is -2.22. The topological polar surface area (TPSA) is 98.5 Å². The van der Waals surface area contributed by atoms with Gasteiger partial charge in [-0.25, -0.2) is 4.79 Å². The third-order valence-electron chi connectivity index (χ3n) is 3.62. The van der Waals surface area contributed by atoms with E-state index in [9.17, 15) is 19.7 Å². The number of esters is 1. The summed E-state index contributed by atoms with van der Waals surface area (Å²) in [4.78, 5) is 33.4. The van der Waals surface area contributed by atoms with Crippen LogP contribution in [0.15, 0.2) is 24.3 Å². The van der Waals surface area contributed by atoms with Gasteiger partial charge in [0.05, 0.1) is 10.5 Å². The van der Waals surface area contributed by atoms with E-state index in [1.54, 1.807) is 0 Å². The zero-order valence-corrected chi connectivity index (χ0v) is 12.1. The number of nitro groups is 1. The Morgan fingerprint density at radius 2 is 1.82 bits per heavy atom. The number of nitrogens with zero attached hydrogens (tertiary/aromatic N) is 1.